The van der Waals surface area contributed by atoms with Gasteiger partial charge in [0.05, 0.1) is 19.9 Å². The van der Waals surface area contributed by atoms with Crippen molar-refractivity contribution < 1.29 is 19.4 Å². The highest BCUT2D eigenvalue weighted by Crippen LogP contribution is 2.38. The maximum absolute atomic E-state index is 12.5. The number of nitriles is 1. The molecule has 7 heteroatoms. The number of nitrogens with zero attached hydrogens (tertiary/aromatic N) is 2. The van der Waals surface area contributed by atoms with Crippen molar-refractivity contribution >= 4 is 23.4 Å². The van der Waals surface area contributed by atoms with Gasteiger partial charge in [-0.15, -0.1) is 0 Å². The Labute approximate surface area is 169 Å². The van der Waals surface area contributed by atoms with Crippen molar-refractivity contribution in [1.29, 1.82) is 5.26 Å². The summed E-state index contributed by atoms with van der Waals surface area (Å²) in [4.78, 5) is 14.8. The van der Waals surface area contributed by atoms with Crippen LogP contribution in [0.25, 0.3) is 6.08 Å². The van der Waals surface area contributed by atoms with Crippen LogP contribution in [-0.2, 0) is 4.79 Å². The van der Waals surface area contributed by atoms with E-state index in [1.807, 2.05) is 12.1 Å². The average molecular weight is 393 g/mol. The number of phenolic OH excluding ortho intramolecular Hbond substituents is 1. The van der Waals surface area contributed by atoms with E-state index >= 15 is 0 Å². The maximum atomic E-state index is 12.5. The predicted octanol–water partition coefficient (Wildman–Crippen LogP) is 3.56. The van der Waals surface area contributed by atoms with Crippen LogP contribution in [0.2, 0.25) is 0 Å². The minimum absolute atomic E-state index is 0.0765. The van der Waals surface area contributed by atoms with Crippen LogP contribution in [0, 0.1) is 11.3 Å². The fraction of sp³-hybridized carbons (Fsp3) is 0.273. The monoisotopic (exact) mass is 393 g/mol. The van der Waals surface area contributed by atoms with E-state index in [1.165, 1.54) is 18.2 Å². The molecule has 1 saturated heterocycles. The van der Waals surface area contributed by atoms with Crippen molar-refractivity contribution in [3.63, 3.8) is 0 Å². The number of carbonyl (C=O) groups excluding carboxylic acids is 1. The van der Waals surface area contributed by atoms with E-state index in [9.17, 15) is 15.2 Å². The fourth-order valence-corrected chi connectivity index (χ4v) is 3.27. The Morgan fingerprint density at radius 3 is 2.38 bits per heavy atom. The summed E-state index contributed by atoms with van der Waals surface area (Å²) in [6.45, 7) is 1.90. The van der Waals surface area contributed by atoms with Gasteiger partial charge in [0.1, 0.15) is 28.9 Å². The first-order valence-corrected chi connectivity index (χ1v) is 9.29. The van der Waals surface area contributed by atoms with Crippen molar-refractivity contribution in [1.82, 2.24) is 0 Å². The number of hydrogen-bond acceptors (Lipinski definition) is 6. The Morgan fingerprint density at radius 2 is 1.79 bits per heavy atom. The molecule has 150 valence electrons. The molecule has 0 radical (unpaired) electrons. The number of ether oxygens (including phenoxy) is 2. The molecule has 2 aromatic rings. The van der Waals surface area contributed by atoms with Gasteiger partial charge in [-0.3, -0.25) is 4.79 Å². The number of anilines is 2. The summed E-state index contributed by atoms with van der Waals surface area (Å²) in [6, 6.07) is 11.6. The minimum atomic E-state index is -0.553. The third-order valence-electron chi connectivity index (χ3n) is 4.77. The molecule has 3 rings (SSSR count). The molecule has 0 aromatic heterocycles. The van der Waals surface area contributed by atoms with Crippen LogP contribution in [0.3, 0.4) is 0 Å². The minimum Gasteiger partial charge on any atom is -0.508 e. The van der Waals surface area contributed by atoms with Crippen molar-refractivity contribution in [2.24, 2.45) is 0 Å². The lowest BCUT2D eigenvalue weighted by Crippen LogP contribution is -2.18. The molecule has 1 amide bonds. The number of phenols is 1. The second-order valence-corrected chi connectivity index (χ2v) is 6.63. The van der Waals surface area contributed by atoms with Gasteiger partial charge in [-0.05, 0) is 49.2 Å². The molecule has 0 unspecified atom stereocenters. The average Bonchev–Trinajstić information content (AvgIpc) is 3.27. The molecule has 0 aliphatic carbocycles. The summed E-state index contributed by atoms with van der Waals surface area (Å²) in [6.07, 6.45) is 3.73. The Balaban J connectivity index is 1.92. The largest absolute Gasteiger partial charge is 0.508 e. The lowest BCUT2D eigenvalue weighted by Gasteiger charge is -2.22. The van der Waals surface area contributed by atoms with Crippen LogP contribution in [0.5, 0.6) is 17.2 Å². The number of carbonyl (C=O) groups is 1. The molecule has 0 saturated carbocycles. The van der Waals surface area contributed by atoms with Crippen molar-refractivity contribution in [3.8, 4) is 23.3 Å². The summed E-state index contributed by atoms with van der Waals surface area (Å²) in [5, 5.41) is 21.5. The number of rotatable bonds is 6. The van der Waals surface area contributed by atoms with Gasteiger partial charge in [0.2, 0.25) is 0 Å². The number of hydrogen-bond donors (Lipinski definition) is 2. The molecular formula is C22H23N3O4. The number of aromatic hydroxyl groups is 1. The predicted molar refractivity (Wildman–Crippen MR) is 111 cm³/mol. The normalized spacial score (nSPS) is 13.7. The van der Waals surface area contributed by atoms with Crippen molar-refractivity contribution in [2.45, 2.75) is 12.8 Å². The molecule has 1 fully saturated rings. The highest BCUT2D eigenvalue weighted by Gasteiger charge is 2.20. The van der Waals surface area contributed by atoms with E-state index in [-0.39, 0.29) is 11.3 Å². The Hall–Kier alpha value is -3.66. The van der Waals surface area contributed by atoms with E-state index < -0.39 is 5.91 Å². The molecule has 7 nitrogen and oxygen atoms in total. The molecule has 1 aliphatic rings. The topological polar surface area (TPSA) is 94.8 Å². The number of methoxy groups -OCH3 is 2. The van der Waals surface area contributed by atoms with E-state index in [0.717, 1.165) is 31.6 Å². The molecule has 0 spiro atoms. The van der Waals surface area contributed by atoms with Gasteiger partial charge in [-0.2, -0.15) is 5.26 Å². The van der Waals surface area contributed by atoms with E-state index in [4.69, 9.17) is 9.47 Å². The zero-order valence-corrected chi connectivity index (χ0v) is 16.4. The van der Waals surface area contributed by atoms with Crippen LogP contribution in [0.4, 0.5) is 11.4 Å². The van der Waals surface area contributed by atoms with E-state index in [1.54, 1.807) is 32.4 Å². The van der Waals surface area contributed by atoms with Crippen LogP contribution in [0.15, 0.2) is 42.0 Å². The summed E-state index contributed by atoms with van der Waals surface area (Å²) in [5.41, 5.74) is 1.91. The van der Waals surface area contributed by atoms with E-state index in [2.05, 4.69) is 10.2 Å². The van der Waals surface area contributed by atoms with Crippen molar-refractivity contribution in [3.05, 3.63) is 47.5 Å². The first-order chi connectivity index (χ1) is 14.0. The summed E-state index contributed by atoms with van der Waals surface area (Å²) >= 11 is 0. The first-order valence-electron chi connectivity index (χ1n) is 9.29. The zero-order valence-electron chi connectivity index (χ0n) is 16.4. The first kappa shape index (κ1) is 20.1. The molecular weight excluding hydrogens is 370 g/mol. The molecule has 1 heterocycles. The standard InChI is InChI=1S/C22H23N3O4/c1-28-20-13-19(25-9-3-4-10-25)21(29-2)12-15(20)11-16(14-23)22(27)24-17-5-7-18(26)8-6-17/h5-8,11-13,26H,3-4,9-10H2,1-2H3,(H,24,27)/b16-11-. The zero-order chi connectivity index (χ0) is 20.8. The van der Waals surface area contributed by atoms with Crippen LogP contribution >= 0.6 is 0 Å². The number of nitrogens with one attached hydrogen (secondary N) is 1. The second-order valence-electron chi connectivity index (χ2n) is 6.63. The third kappa shape index (κ3) is 4.61. The van der Waals surface area contributed by atoms with E-state index in [0.29, 0.717) is 22.7 Å². The van der Waals surface area contributed by atoms with Gasteiger partial charge in [-0.25, -0.2) is 0 Å². The molecule has 1 aliphatic heterocycles. The van der Waals surface area contributed by atoms with Gasteiger partial charge in [0.15, 0.2) is 0 Å². The Bertz CT molecular complexity index is 955. The fourth-order valence-electron chi connectivity index (χ4n) is 3.27. The maximum Gasteiger partial charge on any atom is 0.266 e. The summed E-state index contributed by atoms with van der Waals surface area (Å²) in [5.74, 6) is 0.755. The summed E-state index contributed by atoms with van der Waals surface area (Å²) in [7, 11) is 3.15. The quantitative estimate of drug-likeness (QED) is 0.443. The molecule has 29 heavy (non-hydrogen) atoms. The highest BCUT2D eigenvalue weighted by atomic mass is 16.5. The number of amides is 1. The molecule has 0 atom stereocenters. The highest BCUT2D eigenvalue weighted by molar-refractivity contribution is 6.10. The van der Waals surface area contributed by atoms with Crippen LogP contribution < -0.4 is 19.7 Å². The van der Waals surface area contributed by atoms with Crippen LogP contribution in [-0.4, -0.2) is 38.3 Å². The van der Waals surface area contributed by atoms with Gasteiger partial charge in [-0.1, -0.05) is 0 Å². The lowest BCUT2D eigenvalue weighted by molar-refractivity contribution is -0.112. The van der Waals surface area contributed by atoms with Gasteiger partial charge >= 0.3 is 0 Å². The Morgan fingerprint density at radius 1 is 1.14 bits per heavy atom. The second kappa shape index (κ2) is 9.02. The van der Waals surface area contributed by atoms with Crippen molar-refractivity contribution in [2.75, 3.05) is 37.5 Å². The van der Waals surface area contributed by atoms with Gasteiger partial charge in [0, 0.05) is 30.4 Å². The molecule has 0 bridgehead atoms. The van der Waals surface area contributed by atoms with Gasteiger partial charge in [0.25, 0.3) is 5.91 Å². The lowest BCUT2D eigenvalue weighted by atomic mass is 10.1. The molecule has 2 aromatic carbocycles. The Kier molecular flexibility index (Phi) is 6.25. The third-order valence-corrected chi connectivity index (χ3v) is 4.77. The summed E-state index contributed by atoms with van der Waals surface area (Å²) < 4.78 is 11.1. The smallest absolute Gasteiger partial charge is 0.266 e. The van der Waals surface area contributed by atoms with Gasteiger partial charge < -0.3 is 24.8 Å². The molecule has 2 N–H and O–H groups in total. The number of benzene rings is 2. The SMILES string of the molecule is COc1cc(N2CCCC2)c(OC)cc1/C=C(/C#N)C(=O)Nc1ccc(O)cc1. The van der Waals surface area contributed by atoms with Crippen LogP contribution in [0.1, 0.15) is 18.4 Å².